The summed E-state index contributed by atoms with van der Waals surface area (Å²) in [5.74, 6) is 0. The van der Waals surface area contributed by atoms with E-state index >= 15 is 0 Å². The maximum Gasteiger partial charge on any atom is 0.155 e. The average Bonchev–Trinajstić information content (AvgIpc) is 2.79. The quantitative estimate of drug-likeness (QED) is 0.632. The zero-order valence-electron chi connectivity index (χ0n) is 11.4. The van der Waals surface area contributed by atoms with E-state index in [1.165, 1.54) is 0 Å². The second kappa shape index (κ2) is 4.76. The highest BCUT2D eigenvalue weighted by Gasteiger charge is 2.08. The lowest BCUT2D eigenvalue weighted by atomic mass is 10.0. The Balaban J connectivity index is 2.18. The summed E-state index contributed by atoms with van der Waals surface area (Å²) in [6, 6.07) is 8.03. The highest BCUT2D eigenvalue weighted by atomic mass is 35.5. The SMILES string of the molecule is C=Nc1ccc(-c2cc(Cl)c3nc(C)cn3c2)cc1C. The van der Waals surface area contributed by atoms with Crippen LogP contribution < -0.4 is 0 Å². The number of hydrogen-bond donors (Lipinski definition) is 0. The first kappa shape index (κ1) is 12.9. The summed E-state index contributed by atoms with van der Waals surface area (Å²) in [5, 5.41) is 0.652. The molecule has 0 aliphatic carbocycles. The lowest BCUT2D eigenvalue weighted by Crippen LogP contribution is -1.88. The Bertz CT molecular complexity index is 818. The largest absolute Gasteiger partial charge is 0.305 e. The van der Waals surface area contributed by atoms with E-state index in [2.05, 4.69) is 22.8 Å². The van der Waals surface area contributed by atoms with Crippen molar-refractivity contribution in [1.29, 1.82) is 0 Å². The molecule has 0 radical (unpaired) electrons. The number of rotatable bonds is 2. The standard InChI is InChI=1S/C16H14ClN3/c1-10-6-12(4-5-15(10)18-3)13-7-14(17)16-19-11(2)8-20(16)9-13/h4-9H,3H2,1-2H3. The molecule has 0 fully saturated rings. The number of fused-ring (bicyclic) bond motifs is 1. The van der Waals surface area contributed by atoms with Crippen LogP contribution in [0.4, 0.5) is 5.69 Å². The van der Waals surface area contributed by atoms with Gasteiger partial charge in [-0.2, -0.15) is 0 Å². The molecule has 0 amide bonds. The minimum atomic E-state index is 0.652. The van der Waals surface area contributed by atoms with Crippen molar-refractivity contribution in [3.8, 4) is 11.1 Å². The van der Waals surface area contributed by atoms with Gasteiger partial charge in [0.1, 0.15) is 0 Å². The average molecular weight is 284 g/mol. The minimum Gasteiger partial charge on any atom is -0.305 e. The van der Waals surface area contributed by atoms with E-state index < -0.39 is 0 Å². The Morgan fingerprint density at radius 3 is 2.65 bits per heavy atom. The number of aromatic nitrogens is 2. The first-order valence-corrected chi connectivity index (χ1v) is 6.69. The number of hydrogen-bond acceptors (Lipinski definition) is 2. The molecule has 20 heavy (non-hydrogen) atoms. The van der Waals surface area contributed by atoms with Crippen LogP contribution in [-0.4, -0.2) is 16.1 Å². The number of imidazole rings is 1. The number of halogens is 1. The fourth-order valence-electron chi connectivity index (χ4n) is 2.35. The number of aliphatic imine (C=N–C) groups is 1. The van der Waals surface area contributed by atoms with Gasteiger partial charge < -0.3 is 4.40 Å². The summed E-state index contributed by atoms with van der Waals surface area (Å²) >= 11 is 6.31. The predicted molar refractivity (Wildman–Crippen MR) is 84.3 cm³/mol. The third kappa shape index (κ3) is 2.10. The minimum absolute atomic E-state index is 0.652. The fourth-order valence-corrected chi connectivity index (χ4v) is 2.61. The van der Waals surface area contributed by atoms with E-state index in [1.807, 2.05) is 48.8 Å². The summed E-state index contributed by atoms with van der Waals surface area (Å²) in [5.41, 5.74) is 5.89. The van der Waals surface area contributed by atoms with E-state index in [4.69, 9.17) is 11.6 Å². The molecule has 0 saturated heterocycles. The maximum absolute atomic E-state index is 6.31. The van der Waals surface area contributed by atoms with Gasteiger partial charge in [0.15, 0.2) is 5.65 Å². The van der Waals surface area contributed by atoms with Crippen LogP contribution in [0.1, 0.15) is 11.3 Å². The van der Waals surface area contributed by atoms with Gasteiger partial charge in [-0.1, -0.05) is 17.7 Å². The summed E-state index contributed by atoms with van der Waals surface area (Å²) in [7, 11) is 0. The van der Waals surface area contributed by atoms with Crippen LogP contribution in [0.2, 0.25) is 5.02 Å². The summed E-state index contributed by atoms with van der Waals surface area (Å²) in [6.07, 6.45) is 4.01. The predicted octanol–water partition coefficient (Wildman–Crippen LogP) is 4.60. The van der Waals surface area contributed by atoms with Crippen molar-refractivity contribution < 1.29 is 0 Å². The van der Waals surface area contributed by atoms with Gasteiger partial charge in [0.2, 0.25) is 0 Å². The van der Waals surface area contributed by atoms with Gasteiger partial charge in [-0.25, -0.2) is 4.98 Å². The van der Waals surface area contributed by atoms with Crippen molar-refractivity contribution in [2.45, 2.75) is 13.8 Å². The fraction of sp³-hybridized carbons (Fsp3) is 0.125. The first-order chi connectivity index (χ1) is 9.58. The maximum atomic E-state index is 6.31. The van der Waals surface area contributed by atoms with Gasteiger partial charge in [-0.05, 0) is 55.5 Å². The Hall–Kier alpha value is -2.13. The molecule has 1 aromatic carbocycles. The number of pyridine rings is 1. The third-order valence-corrected chi connectivity index (χ3v) is 3.61. The molecule has 0 spiro atoms. The van der Waals surface area contributed by atoms with Crippen molar-refractivity contribution in [3.05, 3.63) is 52.9 Å². The molecule has 0 unspecified atom stereocenters. The second-order valence-corrected chi connectivity index (χ2v) is 5.26. The van der Waals surface area contributed by atoms with Crippen LogP contribution in [-0.2, 0) is 0 Å². The summed E-state index contributed by atoms with van der Waals surface area (Å²) in [6.45, 7) is 7.55. The number of nitrogens with zero attached hydrogens (tertiary/aromatic N) is 3. The number of benzene rings is 1. The molecular weight excluding hydrogens is 270 g/mol. The first-order valence-electron chi connectivity index (χ1n) is 6.31. The lowest BCUT2D eigenvalue weighted by molar-refractivity contribution is 1.19. The van der Waals surface area contributed by atoms with E-state index in [9.17, 15) is 0 Å². The topological polar surface area (TPSA) is 29.7 Å². The van der Waals surface area contributed by atoms with Crippen LogP contribution in [0.5, 0.6) is 0 Å². The van der Waals surface area contributed by atoms with Crippen molar-refractivity contribution in [2.75, 3.05) is 0 Å². The smallest absolute Gasteiger partial charge is 0.155 e. The number of aryl methyl sites for hydroxylation is 2. The van der Waals surface area contributed by atoms with Crippen molar-refractivity contribution in [2.24, 2.45) is 4.99 Å². The molecule has 0 aliphatic rings. The molecular formula is C16H14ClN3. The Kier molecular flexibility index (Phi) is 3.07. The van der Waals surface area contributed by atoms with Crippen LogP contribution in [0.25, 0.3) is 16.8 Å². The van der Waals surface area contributed by atoms with E-state index in [-0.39, 0.29) is 0 Å². The molecule has 100 valence electrons. The molecule has 4 heteroatoms. The van der Waals surface area contributed by atoms with Crippen molar-refractivity contribution in [3.63, 3.8) is 0 Å². The van der Waals surface area contributed by atoms with Gasteiger partial charge in [0, 0.05) is 12.4 Å². The molecule has 0 N–H and O–H groups in total. The normalized spacial score (nSPS) is 10.9. The van der Waals surface area contributed by atoms with Gasteiger partial charge in [0.05, 0.1) is 16.4 Å². The van der Waals surface area contributed by atoms with Crippen molar-refractivity contribution in [1.82, 2.24) is 9.38 Å². The highest BCUT2D eigenvalue weighted by Crippen LogP contribution is 2.29. The van der Waals surface area contributed by atoms with E-state index in [0.29, 0.717) is 5.02 Å². The molecule has 3 nitrogen and oxygen atoms in total. The zero-order valence-corrected chi connectivity index (χ0v) is 12.1. The lowest BCUT2D eigenvalue weighted by Gasteiger charge is -2.07. The molecule has 3 aromatic rings. The zero-order chi connectivity index (χ0) is 14.3. The summed E-state index contributed by atoms with van der Waals surface area (Å²) < 4.78 is 1.96. The molecule has 0 saturated carbocycles. The molecule has 3 rings (SSSR count). The molecule has 0 bridgehead atoms. The molecule has 2 heterocycles. The summed E-state index contributed by atoms with van der Waals surface area (Å²) in [4.78, 5) is 8.38. The second-order valence-electron chi connectivity index (χ2n) is 4.85. The monoisotopic (exact) mass is 283 g/mol. The van der Waals surface area contributed by atoms with Crippen molar-refractivity contribution >= 4 is 29.7 Å². The van der Waals surface area contributed by atoms with Gasteiger partial charge in [-0.3, -0.25) is 4.99 Å². The molecule has 0 atom stereocenters. The van der Waals surface area contributed by atoms with Crippen LogP contribution in [0, 0.1) is 13.8 Å². The van der Waals surface area contributed by atoms with Crippen LogP contribution in [0.3, 0.4) is 0 Å². The van der Waals surface area contributed by atoms with E-state index in [1.54, 1.807) is 0 Å². The van der Waals surface area contributed by atoms with E-state index in [0.717, 1.165) is 33.7 Å². The Morgan fingerprint density at radius 1 is 1.15 bits per heavy atom. The van der Waals surface area contributed by atoms with Crippen LogP contribution >= 0.6 is 11.6 Å². The molecule has 0 aliphatic heterocycles. The Morgan fingerprint density at radius 2 is 1.95 bits per heavy atom. The third-order valence-electron chi connectivity index (χ3n) is 3.33. The van der Waals surface area contributed by atoms with Gasteiger partial charge >= 0.3 is 0 Å². The molecule has 2 aromatic heterocycles. The van der Waals surface area contributed by atoms with Gasteiger partial charge in [0.25, 0.3) is 0 Å². The van der Waals surface area contributed by atoms with Gasteiger partial charge in [-0.15, -0.1) is 0 Å². The highest BCUT2D eigenvalue weighted by molar-refractivity contribution is 6.33. The van der Waals surface area contributed by atoms with Crippen LogP contribution in [0.15, 0.2) is 41.7 Å². The Labute approximate surface area is 122 Å².